The van der Waals surface area contributed by atoms with Crippen molar-refractivity contribution in [3.8, 4) is 5.75 Å². The molecule has 10 nitrogen and oxygen atoms in total. The number of carbonyl (C=O) groups is 3. The summed E-state index contributed by atoms with van der Waals surface area (Å²) in [5, 5.41) is 33.2. The summed E-state index contributed by atoms with van der Waals surface area (Å²) in [7, 11) is 0. The van der Waals surface area contributed by atoms with Gasteiger partial charge in [0.1, 0.15) is 11.6 Å². The first-order valence-corrected chi connectivity index (χ1v) is 15.8. The summed E-state index contributed by atoms with van der Waals surface area (Å²) in [6.07, 6.45) is -1.42. The normalized spacial score (nSPS) is 18.2. The second-order valence-corrected chi connectivity index (χ2v) is 12.2. The van der Waals surface area contributed by atoms with Gasteiger partial charge in [-0.25, -0.2) is 14.0 Å². The van der Waals surface area contributed by atoms with Gasteiger partial charge in [-0.05, 0) is 76.0 Å². The average Bonchev–Trinajstić information content (AvgIpc) is 3.04. The molecule has 12 heteroatoms. The highest BCUT2D eigenvalue weighted by molar-refractivity contribution is 9.10. The summed E-state index contributed by atoms with van der Waals surface area (Å²) in [6.45, 7) is 0.341. The molecule has 0 spiro atoms. The Kier molecular flexibility index (Phi) is 10.6. The lowest BCUT2D eigenvalue weighted by atomic mass is 9.81. The molecule has 4 N–H and O–H groups in total. The molecule has 1 fully saturated rings. The summed E-state index contributed by atoms with van der Waals surface area (Å²) in [6, 6.07) is 19.3. The van der Waals surface area contributed by atoms with Crippen LogP contribution in [-0.4, -0.2) is 81.5 Å². The Hall–Kier alpha value is -4.42. The van der Waals surface area contributed by atoms with E-state index in [0.29, 0.717) is 40.8 Å². The first kappa shape index (κ1) is 33.0. The molecule has 0 saturated carbocycles. The number of hydrogen-bond donors (Lipinski definition) is 4. The molecule has 2 bridgehead atoms. The standard InChI is InChI=1S/C34H35BrFN3O7/c35-27-13-12-24(36)17-30(27)46-16-4-5-21-8-10-22(11-9-21)26-18-25-19-38(33(42)43)20-28(39(25)34(44)45)31(26)32(41)37-15-14-29(40)23-6-2-1-3-7-23/h1-3,6-13,17,25,28-29,40H,4-5,14-16,18-20H2,(H,37,41)(H,42,43)(H,44,45)/t25?,28?,29-/m1/s1. The number of rotatable bonds is 11. The first-order chi connectivity index (χ1) is 22.1. The van der Waals surface area contributed by atoms with Crippen LogP contribution in [0, 0.1) is 5.82 Å². The molecule has 3 aromatic rings. The number of nitrogens with one attached hydrogen (secondary N) is 1. The van der Waals surface area contributed by atoms with Crippen LogP contribution < -0.4 is 10.1 Å². The van der Waals surface area contributed by atoms with Gasteiger partial charge in [-0.15, -0.1) is 0 Å². The number of nitrogens with zero attached hydrogens (tertiary/aromatic N) is 2. The van der Waals surface area contributed by atoms with Gasteiger partial charge in [-0.1, -0.05) is 54.6 Å². The number of aliphatic hydroxyl groups is 1. The van der Waals surface area contributed by atoms with E-state index in [9.17, 15) is 34.1 Å². The Morgan fingerprint density at radius 1 is 1.00 bits per heavy atom. The number of halogens is 2. The van der Waals surface area contributed by atoms with E-state index in [1.54, 1.807) is 18.2 Å². The van der Waals surface area contributed by atoms with Crippen LogP contribution in [-0.2, 0) is 11.2 Å². The van der Waals surface area contributed by atoms with Crippen molar-refractivity contribution in [1.29, 1.82) is 0 Å². The van der Waals surface area contributed by atoms with Crippen LogP contribution in [0.2, 0.25) is 0 Å². The zero-order valence-electron chi connectivity index (χ0n) is 24.9. The van der Waals surface area contributed by atoms with Crippen LogP contribution in [0.4, 0.5) is 14.0 Å². The molecule has 2 unspecified atom stereocenters. The predicted molar refractivity (Wildman–Crippen MR) is 172 cm³/mol. The van der Waals surface area contributed by atoms with E-state index in [2.05, 4.69) is 21.2 Å². The van der Waals surface area contributed by atoms with E-state index in [-0.39, 0.29) is 43.9 Å². The molecule has 2 aliphatic rings. The van der Waals surface area contributed by atoms with Crippen LogP contribution in [0.15, 0.2) is 82.8 Å². The minimum Gasteiger partial charge on any atom is -0.492 e. The Morgan fingerprint density at radius 3 is 2.43 bits per heavy atom. The number of aliphatic hydroxyl groups excluding tert-OH is 1. The van der Waals surface area contributed by atoms with E-state index in [1.165, 1.54) is 17.0 Å². The van der Waals surface area contributed by atoms with Gasteiger partial charge in [0.25, 0.3) is 0 Å². The van der Waals surface area contributed by atoms with Gasteiger partial charge in [0.2, 0.25) is 5.91 Å². The number of amides is 3. The largest absolute Gasteiger partial charge is 0.492 e. The third-order valence-electron chi connectivity index (χ3n) is 8.34. The number of aryl methyl sites for hydroxylation is 1. The maximum absolute atomic E-state index is 13.8. The summed E-state index contributed by atoms with van der Waals surface area (Å²) >= 11 is 3.35. The fourth-order valence-electron chi connectivity index (χ4n) is 6.09. The predicted octanol–water partition coefficient (Wildman–Crippen LogP) is 5.71. The molecule has 5 rings (SSSR count). The average molecular weight is 697 g/mol. The van der Waals surface area contributed by atoms with Crippen molar-refractivity contribution >= 4 is 39.6 Å². The monoisotopic (exact) mass is 695 g/mol. The minimum atomic E-state index is -1.22. The lowest BCUT2D eigenvalue weighted by molar-refractivity contribution is -0.118. The zero-order chi connectivity index (χ0) is 32.8. The van der Waals surface area contributed by atoms with Crippen molar-refractivity contribution in [2.24, 2.45) is 0 Å². The Morgan fingerprint density at radius 2 is 1.74 bits per heavy atom. The highest BCUT2D eigenvalue weighted by Gasteiger charge is 2.47. The number of piperazine rings is 1. The number of hydrogen-bond acceptors (Lipinski definition) is 5. The van der Waals surface area contributed by atoms with Crippen molar-refractivity contribution in [1.82, 2.24) is 15.1 Å². The van der Waals surface area contributed by atoms with Gasteiger partial charge < -0.3 is 30.3 Å². The fourth-order valence-corrected chi connectivity index (χ4v) is 6.45. The molecule has 2 aliphatic heterocycles. The summed E-state index contributed by atoms with van der Waals surface area (Å²) in [4.78, 5) is 40.4. The number of carbonyl (C=O) groups excluding carboxylic acids is 1. The topological polar surface area (TPSA) is 140 Å². The molecule has 1 saturated heterocycles. The van der Waals surface area contributed by atoms with Crippen molar-refractivity contribution in [2.75, 3.05) is 26.2 Å². The highest BCUT2D eigenvalue weighted by atomic mass is 79.9. The molecule has 3 atom stereocenters. The van der Waals surface area contributed by atoms with Gasteiger partial charge in [0.05, 0.1) is 29.3 Å². The van der Waals surface area contributed by atoms with E-state index >= 15 is 0 Å². The number of benzene rings is 3. The maximum atomic E-state index is 13.8. The Labute approximate surface area is 274 Å². The van der Waals surface area contributed by atoms with Crippen LogP contribution in [0.5, 0.6) is 5.75 Å². The third-order valence-corrected chi connectivity index (χ3v) is 8.99. The van der Waals surface area contributed by atoms with Crippen molar-refractivity contribution < 1.29 is 38.8 Å². The van der Waals surface area contributed by atoms with Gasteiger partial charge in [0, 0.05) is 31.3 Å². The number of ether oxygens (including phenoxy) is 1. The van der Waals surface area contributed by atoms with E-state index < -0.39 is 36.3 Å². The van der Waals surface area contributed by atoms with E-state index in [0.717, 1.165) is 16.0 Å². The van der Waals surface area contributed by atoms with E-state index in [4.69, 9.17) is 4.74 Å². The summed E-state index contributed by atoms with van der Waals surface area (Å²) < 4.78 is 19.9. The molecule has 0 radical (unpaired) electrons. The number of carboxylic acid groups (broad SMARTS) is 2. The molecule has 242 valence electrons. The highest BCUT2D eigenvalue weighted by Crippen LogP contribution is 2.39. The van der Waals surface area contributed by atoms with Crippen molar-refractivity contribution in [3.05, 3.63) is 105 Å². The molecule has 46 heavy (non-hydrogen) atoms. The quantitative estimate of drug-likeness (QED) is 0.189. The molecular formula is C34H35BrFN3O7. The van der Waals surface area contributed by atoms with E-state index in [1.807, 2.05) is 42.5 Å². The SMILES string of the molecule is O=C(NCC[C@@H](O)c1ccccc1)C1=C(c2ccc(CCCOc3cc(F)ccc3Br)cc2)CC2CN(C(=O)O)CC1N2C(=O)O. The summed E-state index contributed by atoms with van der Waals surface area (Å²) in [5.41, 5.74) is 3.37. The lowest BCUT2D eigenvalue weighted by Crippen LogP contribution is -2.64. The van der Waals surface area contributed by atoms with Crippen LogP contribution in [0.3, 0.4) is 0 Å². The van der Waals surface area contributed by atoms with Crippen molar-refractivity contribution in [2.45, 2.75) is 43.9 Å². The molecule has 3 amide bonds. The molecule has 3 aromatic carbocycles. The fraction of sp³-hybridized carbons (Fsp3) is 0.324. The Balaban J connectivity index is 1.34. The minimum absolute atomic E-state index is 0.000682. The maximum Gasteiger partial charge on any atom is 0.408 e. The second kappa shape index (κ2) is 14.8. The van der Waals surface area contributed by atoms with Crippen LogP contribution >= 0.6 is 15.9 Å². The number of fused-ring (bicyclic) bond motifs is 2. The van der Waals surface area contributed by atoms with Gasteiger partial charge >= 0.3 is 12.2 Å². The molecule has 2 heterocycles. The Bertz CT molecular complexity index is 1600. The molecular weight excluding hydrogens is 661 g/mol. The summed E-state index contributed by atoms with van der Waals surface area (Å²) in [5.74, 6) is -0.445. The smallest absolute Gasteiger partial charge is 0.408 e. The van der Waals surface area contributed by atoms with Gasteiger partial charge in [-0.3, -0.25) is 9.69 Å². The first-order valence-electron chi connectivity index (χ1n) is 15.0. The molecule has 0 aromatic heterocycles. The molecule has 0 aliphatic carbocycles. The third kappa shape index (κ3) is 7.68. The lowest BCUT2D eigenvalue weighted by Gasteiger charge is -2.49. The van der Waals surface area contributed by atoms with Gasteiger partial charge in [-0.2, -0.15) is 0 Å². The van der Waals surface area contributed by atoms with Crippen molar-refractivity contribution in [3.63, 3.8) is 0 Å². The van der Waals surface area contributed by atoms with Crippen LogP contribution in [0.1, 0.15) is 42.1 Å². The van der Waals surface area contributed by atoms with Gasteiger partial charge in [0.15, 0.2) is 0 Å². The van der Waals surface area contributed by atoms with Crippen LogP contribution in [0.25, 0.3) is 5.57 Å². The second-order valence-electron chi connectivity index (χ2n) is 11.3. The zero-order valence-corrected chi connectivity index (χ0v) is 26.5.